The second kappa shape index (κ2) is 5.48. The van der Waals surface area contributed by atoms with Crippen molar-refractivity contribution in [3.8, 4) is 0 Å². The molecule has 0 saturated carbocycles. The van der Waals surface area contributed by atoms with Gasteiger partial charge in [0.25, 0.3) is 0 Å². The van der Waals surface area contributed by atoms with E-state index in [1.807, 2.05) is 24.3 Å². The van der Waals surface area contributed by atoms with Gasteiger partial charge in [-0.25, -0.2) is 13.8 Å². The van der Waals surface area contributed by atoms with E-state index in [0.717, 1.165) is 22.2 Å². The molecule has 0 bridgehead atoms. The van der Waals surface area contributed by atoms with E-state index in [-0.39, 0.29) is 10.4 Å². The van der Waals surface area contributed by atoms with Gasteiger partial charge in [0.1, 0.15) is 5.03 Å². The van der Waals surface area contributed by atoms with Crippen LogP contribution in [0.5, 0.6) is 0 Å². The summed E-state index contributed by atoms with van der Waals surface area (Å²) in [5.41, 5.74) is 1.16. The van der Waals surface area contributed by atoms with Crippen LogP contribution in [0.4, 0.5) is 13.2 Å². The lowest BCUT2D eigenvalue weighted by Crippen LogP contribution is -2.10. The van der Waals surface area contributed by atoms with Crippen LogP contribution in [0.15, 0.2) is 40.3 Å². The molecule has 0 amide bonds. The van der Waals surface area contributed by atoms with E-state index in [4.69, 9.17) is 0 Å². The molecule has 0 unspecified atom stereocenters. The third kappa shape index (κ3) is 3.33. The van der Waals surface area contributed by atoms with E-state index in [2.05, 4.69) is 25.8 Å². The first kappa shape index (κ1) is 14.9. The lowest BCUT2D eigenvalue weighted by atomic mass is 9.87. The second-order valence-corrected chi connectivity index (χ2v) is 6.49. The Balaban J connectivity index is 2.25. The summed E-state index contributed by atoms with van der Waals surface area (Å²) in [6.45, 7) is 6.27. The maximum absolute atomic E-state index is 13.5. The Morgan fingerprint density at radius 2 is 1.55 bits per heavy atom. The molecule has 0 aliphatic rings. The summed E-state index contributed by atoms with van der Waals surface area (Å²) in [5, 5.41) is -0.174. The molecular formula is C15H14F3NS. The summed E-state index contributed by atoms with van der Waals surface area (Å²) in [5.74, 6) is -3.44. The van der Waals surface area contributed by atoms with E-state index >= 15 is 0 Å². The van der Waals surface area contributed by atoms with Crippen LogP contribution in [0.3, 0.4) is 0 Å². The highest BCUT2D eigenvalue weighted by Gasteiger charge is 2.15. The molecule has 2 rings (SSSR count). The highest BCUT2D eigenvalue weighted by molar-refractivity contribution is 7.99. The molecule has 5 heteroatoms. The van der Waals surface area contributed by atoms with Crippen LogP contribution >= 0.6 is 11.8 Å². The molecule has 20 heavy (non-hydrogen) atoms. The first-order valence-corrected chi connectivity index (χ1v) is 6.89. The van der Waals surface area contributed by atoms with Crippen LogP contribution < -0.4 is 0 Å². The van der Waals surface area contributed by atoms with Crippen molar-refractivity contribution < 1.29 is 13.2 Å². The fourth-order valence-electron chi connectivity index (χ4n) is 1.63. The fourth-order valence-corrected chi connectivity index (χ4v) is 2.41. The summed E-state index contributed by atoms with van der Waals surface area (Å²) in [6.07, 6.45) is 0. The Labute approximate surface area is 120 Å². The lowest BCUT2D eigenvalue weighted by Gasteiger charge is -2.19. The van der Waals surface area contributed by atoms with Gasteiger partial charge in [-0.05, 0) is 23.1 Å². The largest absolute Gasteiger partial charge is 0.250 e. The zero-order valence-corrected chi connectivity index (χ0v) is 12.2. The minimum atomic E-state index is -1.29. The summed E-state index contributed by atoms with van der Waals surface area (Å²) in [6, 6.07) is 8.00. The molecule has 0 spiro atoms. The maximum atomic E-state index is 13.5. The first-order valence-electron chi connectivity index (χ1n) is 6.07. The Kier molecular flexibility index (Phi) is 4.09. The van der Waals surface area contributed by atoms with Gasteiger partial charge >= 0.3 is 0 Å². The Hall–Kier alpha value is -1.49. The van der Waals surface area contributed by atoms with Crippen molar-refractivity contribution >= 4 is 11.8 Å². The second-order valence-electron chi connectivity index (χ2n) is 5.42. The Bertz CT molecular complexity index is 618. The number of pyridine rings is 1. The molecular weight excluding hydrogens is 283 g/mol. The third-order valence-electron chi connectivity index (χ3n) is 2.79. The van der Waals surface area contributed by atoms with E-state index in [9.17, 15) is 13.2 Å². The minimum Gasteiger partial charge on any atom is -0.207 e. The molecule has 0 saturated heterocycles. The molecule has 0 radical (unpaired) electrons. The summed E-state index contributed by atoms with van der Waals surface area (Å²) in [7, 11) is 0. The van der Waals surface area contributed by atoms with Crippen LogP contribution in [0.2, 0.25) is 0 Å². The monoisotopic (exact) mass is 297 g/mol. The van der Waals surface area contributed by atoms with Crippen LogP contribution in [0, 0.1) is 17.6 Å². The number of aromatic nitrogens is 1. The summed E-state index contributed by atoms with van der Waals surface area (Å²) >= 11 is 0.964. The van der Waals surface area contributed by atoms with Crippen molar-refractivity contribution in [1.29, 1.82) is 0 Å². The molecule has 2 aromatic rings. The SMILES string of the molecule is CC(C)(C)c1ccc(Sc2nc(F)c(F)cc2F)cc1. The normalized spacial score (nSPS) is 11.7. The third-order valence-corrected chi connectivity index (χ3v) is 3.78. The van der Waals surface area contributed by atoms with Gasteiger partial charge in [-0.2, -0.15) is 4.39 Å². The number of rotatable bonds is 2. The predicted molar refractivity (Wildman–Crippen MR) is 73.4 cm³/mol. The van der Waals surface area contributed by atoms with Crippen molar-refractivity contribution in [2.75, 3.05) is 0 Å². The fraction of sp³-hybridized carbons (Fsp3) is 0.267. The highest BCUT2D eigenvalue weighted by Crippen LogP contribution is 2.31. The topological polar surface area (TPSA) is 12.9 Å². The van der Waals surface area contributed by atoms with Gasteiger partial charge < -0.3 is 0 Å². The van der Waals surface area contributed by atoms with Crippen LogP contribution in [-0.2, 0) is 5.41 Å². The molecule has 1 aromatic carbocycles. The minimum absolute atomic E-state index is 0.0225. The highest BCUT2D eigenvalue weighted by atomic mass is 32.2. The predicted octanol–water partition coefficient (Wildman–Crippen LogP) is 4.95. The number of benzene rings is 1. The van der Waals surface area contributed by atoms with Gasteiger partial charge in [0.05, 0.1) is 0 Å². The van der Waals surface area contributed by atoms with Crippen LogP contribution in [-0.4, -0.2) is 4.98 Å². The number of halogens is 3. The van der Waals surface area contributed by atoms with Gasteiger partial charge in [0.15, 0.2) is 11.6 Å². The quantitative estimate of drug-likeness (QED) is 0.728. The molecule has 1 nitrogen and oxygen atoms in total. The molecule has 0 aliphatic carbocycles. The van der Waals surface area contributed by atoms with Gasteiger partial charge in [-0.3, -0.25) is 0 Å². The van der Waals surface area contributed by atoms with Crippen LogP contribution in [0.25, 0.3) is 0 Å². The van der Waals surface area contributed by atoms with E-state index < -0.39 is 17.6 Å². The van der Waals surface area contributed by atoms with Gasteiger partial charge in [0.2, 0.25) is 5.95 Å². The summed E-state index contributed by atoms with van der Waals surface area (Å²) in [4.78, 5) is 4.00. The maximum Gasteiger partial charge on any atom is 0.250 e. The van der Waals surface area contributed by atoms with E-state index in [1.165, 1.54) is 0 Å². The lowest BCUT2D eigenvalue weighted by molar-refractivity contribution is 0.448. The molecule has 0 atom stereocenters. The van der Waals surface area contributed by atoms with E-state index in [0.29, 0.717) is 6.07 Å². The standard InChI is InChI=1S/C15H14F3NS/c1-15(2,3)9-4-6-10(7-5-9)20-14-12(17)8-11(16)13(18)19-14/h4-8H,1-3H3. The van der Waals surface area contributed by atoms with Crippen molar-refractivity contribution in [1.82, 2.24) is 4.98 Å². The van der Waals surface area contributed by atoms with Gasteiger partial charge in [0, 0.05) is 11.0 Å². The average molecular weight is 297 g/mol. The molecule has 1 heterocycles. The molecule has 1 aromatic heterocycles. The number of hydrogen-bond donors (Lipinski definition) is 0. The average Bonchev–Trinajstić information content (AvgIpc) is 2.35. The smallest absolute Gasteiger partial charge is 0.207 e. The van der Waals surface area contributed by atoms with Crippen molar-refractivity contribution in [2.24, 2.45) is 0 Å². The molecule has 0 aliphatic heterocycles. The number of hydrogen-bond acceptors (Lipinski definition) is 2. The zero-order chi connectivity index (χ0) is 14.9. The van der Waals surface area contributed by atoms with Gasteiger partial charge in [-0.15, -0.1) is 0 Å². The zero-order valence-electron chi connectivity index (χ0n) is 11.4. The summed E-state index contributed by atoms with van der Waals surface area (Å²) < 4.78 is 39.3. The molecule has 106 valence electrons. The van der Waals surface area contributed by atoms with E-state index in [1.54, 1.807) is 0 Å². The van der Waals surface area contributed by atoms with Gasteiger partial charge in [-0.1, -0.05) is 44.7 Å². The molecule has 0 N–H and O–H groups in total. The first-order chi connectivity index (χ1) is 9.27. The molecule has 0 fully saturated rings. The Morgan fingerprint density at radius 1 is 0.950 bits per heavy atom. The van der Waals surface area contributed by atoms with Crippen molar-refractivity contribution in [2.45, 2.75) is 36.1 Å². The van der Waals surface area contributed by atoms with Crippen molar-refractivity contribution in [3.05, 3.63) is 53.5 Å². The van der Waals surface area contributed by atoms with Crippen LogP contribution in [0.1, 0.15) is 26.3 Å². The Morgan fingerprint density at radius 3 is 2.10 bits per heavy atom. The number of nitrogens with zero attached hydrogens (tertiary/aromatic N) is 1. The van der Waals surface area contributed by atoms with Crippen molar-refractivity contribution in [3.63, 3.8) is 0 Å².